The standard InChI is InChI=1S/C5H7ClN2OS/c1-3(9-2)4-7-5(6)8-10-4/h3H,1-2H3. The number of ether oxygens (including phenoxy) is 1. The van der Waals surface area contributed by atoms with Crippen molar-refractivity contribution in [1.29, 1.82) is 0 Å². The number of methoxy groups -OCH3 is 1. The third-order valence-corrected chi connectivity index (χ3v) is 2.26. The summed E-state index contributed by atoms with van der Waals surface area (Å²) >= 11 is 6.76. The minimum atomic E-state index is -0.00926. The van der Waals surface area contributed by atoms with Crippen molar-refractivity contribution in [3.8, 4) is 0 Å². The smallest absolute Gasteiger partial charge is 0.234 e. The van der Waals surface area contributed by atoms with Crippen LogP contribution in [-0.4, -0.2) is 16.5 Å². The van der Waals surface area contributed by atoms with Gasteiger partial charge >= 0.3 is 0 Å². The van der Waals surface area contributed by atoms with E-state index in [-0.39, 0.29) is 6.10 Å². The van der Waals surface area contributed by atoms with Crippen molar-refractivity contribution in [1.82, 2.24) is 9.36 Å². The molecule has 0 bridgehead atoms. The second kappa shape index (κ2) is 3.27. The molecule has 0 spiro atoms. The van der Waals surface area contributed by atoms with E-state index in [1.807, 2.05) is 6.92 Å². The molecule has 0 aromatic carbocycles. The molecular weight excluding hydrogens is 172 g/mol. The van der Waals surface area contributed by atoms with Gasteiger partial charge in [-0.25, -0.2) is 4.98 Å². The van der Waals surface area contributed by atoms with E-state index < -0.39 is 0 Å². The average molecular weight is 179 g/mol. The van der Waals surface area contributed by atoms with Gasteiger partial charge < -0.3 is 4.74 Å². The highest BCUT2D eigenvalue weighted by Crippen LogP contribution is 2.18. The van der Waals surface area contributed by atoms with Crippen LogP contribution in [-0.2, 0) is 4.74 Å². The second-order valence-corrected chi connectivity index (χ2v) is 2.90. The molecule has 1 aromatic rings. The van der Waals surface area contributed by atoms with Crippen LogP contribution in [0.1, 0.15) is 18.0 Å². The Morgan fingerprint density at radius 3 is 2.80 bits per heavy atom. The predicted molar refractivity (Wildman–Crippen MR) is 40.3 cm³/mol. The van der Waals surface area contributed by atoms with Crippen molar-refractivity contribution in [2.24, 2.45) is 0 Å². The van der Waals surface area contributed by atoms with Gasteiger partial charge in [-0.3, -0.25) is 0 Å². The van der Waals surface area contributed by atoms with Gasteiger partial charge in [0, 0.05) is 7.11 Å². The molecule has 0 aliphatic carbocycles. The fraction of sp³-hybridized carbons (Fsp3) is 0.600. The van der Waals surface area contributed by atoms with Crippen LogP contribution in [0.5, 0.6) is 0 Å². The molecule has 1 atom stereocenters. The summed E-state index contributed by atoms with van der Waals surface area (Å²) in [4.78, 5) is 3.93. The number of rotatable bonds is 2. The lowest BCUT2D eigenvalue weighted by Gasteiger charge is -2.01. The summed E-state index contributed by atoms with van der Waals surface area (Å²) in [6, 6.07) is 0. The van der Waals surface area contributed by atoms with E-state index in [0.717, 1.165) is 5.01 Å². The lowest BCUT2D eigenvalue weighted by Crippen LogP contribution is -1.93. The zero-order valence-corrected chi connectivity index (χ0v) is 7.24. The fourth-order valence-corrected chi connectivity index (χ4v) is 1.31. The molecule has 1 aromatic heterocycles. The predicted octanol–water partition coefficient (Wildman–Crippen LogP) is 1.90. The van der Waals surface area contributed by atoms with Gasteiger partial charge in [-0.2, -0.15) is 4.37 Å². The molecule has 56 valence electrons. The highest BCUT2D eigenvalue weighted by molar-refractivity contribution is 7.05. The SMILES string of the molecule is COC(C)c1nc(Cl)ns1. The number of hydrogen-bond donors (Lipinski definition) is 0. The van der Waals surface area contributed by atoms with Gasteiger partial charge in [-0.1, -0.05) is 0 Å². The van der Waals surface area contributed by atoms with E-state index in [1.165, 1.54) is 11.5 Å². The monoisotopic (exact) mass is 178 g/mol. The van der Waals surface area contributed by atoms with E-state index in [0.29, 0.717) is 5.28 Å². The van der Waals surface area contributed by atoms with Gasteiger partial charge in [0.1, 0.15) is 11.1 Å². The van der Waals surface area contributed by atoms with Crippen molar-refractivity contribution >= 4 is 23.1 Å². The van der Waals surface area contributed by atoms with Crippen molar-refractivity contribution in [2.45, 2.75) is 13.0 Å². The third-order valence-electron chi connectivity index (χ3n) is 1.12. The Morgan fingerprint density at radius 2 is 2.40 bits per heavy atom. The van der Waals surface area contributed by atoms with E-state index in [4.69, 9.17) is 16.3 Å². The van der Waals surface area contributed by atoms with Crippen LogP contribution in [0.25, 0.3) is 0 Å². The first-order valence-corrected chi connectivity index (χ1v) is 3.91. The zero-order valence-electron chi connectivity index (χ0n) is 5.67. The lowest BCUT2D eigenvalue weighted by atomic mass is 10.4. The number of halogens is 1. The molecule has 0 radical (unpaired) electrons. The first-order chi connectivity index (χ1) is 4.74. The summed E-state index contributed by atoms with van der Waals surface area (Å²) in [6.45, 7) is 1.90. The summed E-state index contributed by atoms with van der Waals surface area (Å²) < 4.78 is 8.80. The van der Waals surface area contributed by atoms with Crippen molar-refractivity contribution in [3.63, 3.8) is 0 Å². The maximum absolute atomic E-state index is 5.49. The fourth-order valence-electron chi connectivity index (χ4n) is 0.482. The summed E-state index contributed by atoms with van der Waals surface area (Å²) in [5.41, 5.74) is 0. The van der Waals surface area contributed by atoms with Crippen molar-refractivity contribution in [3.05, 3.63) is 10.3 Å². The summed E-state index contributed by atoms with van der Waals surface area (Å²) in [5, 5.41) is 1.11. The van der Waals surface area contributed by atoms with E-state index in [2.05, 4.69) is 9.36 Å². The maximum Gasteiger partial charge on any atom is 0.234 e. The largest absolute Gasteiger partial charge is 0.374 e. The lowest BCUT2D eigenvalue weighted by molar-refractivity contribution is 0.119. The van der Waals surface area contributed by atoms with Crippen LogP contribution >= 0.6 is 23.1 Å². The molecule has 0 fully saturated rings. The Balaban J connectivity index is 2.74. The van der Waals surface area contributed by atoms with Crippen LogP contribution in [0, 0.1) is 0 Å². The van der Waals surface area contributed by atoms with Crippen LogP contribution in [0.4, 0.5) is 0 Å². The molecule has 0 saturated carbocycles. The summed E-state index contributed by atoms with van der Waals surface area (Å²) in [7, 11) is 1.62. The average Bonchev–Trinajstić information content (AvgIpc) is 2.34. The van der Waals surface area contributed by atoms with Crippen LogP contribution in [0.3, 0.4) is 0 Å². The maximum atomic E-state index is 5.49. The minimum absolute atomic E-state index is 0.00926. The first kappa shape index (κ1) is 7.91. The molecular formula is C5H7ClN2OS. The summed E-state index contributed by atoms with van der Waals surface area (Å²) in [5.74, 6) is 0. The molecule has 0 aliphatic heterocycles. The highest BCUT2D eigenvalue weighted by Gasteiger charge is 2.08. The third kappa shape index (κ3) is 1.65. The molecule has 0 amide bonds. The summed E-state index contributed by atoms with van der Waals surface area (Å²) in [6.07, 6.45) is -0.00926. The van der Waals surface area contributed by atoms with Crippen molar-refractivity contribution in [2.75, 3.05) is 7.11 Å². The Morgan fingerprint density at radius 1 is 1.70 bits per heavy atom. The van der Waals surface area contributed by atoms with Gasteiger partial charge in [0.15, 0.2) is 0 Å². The molecule has 1 unspecified atom stereocenters. The van der Waals surface area contributed by atoms with Gasteiger partial charge in [-0.15, -0.1) is 0 Å². The van der Waals surface area contributed by atoms with E-state index in [9.17, 15) is 0 Å². The van der Waals surface area contributed by atoms with Gasteiger partial charge in [0.25, 0.3) is 0 Å². The minimum Gasteiger partial charge on any atom is -0.374 e. The van der Waals surface area contributed by atoms with Gasteiger partial charge in [0.05, 0.1) is 0 Å². The normalized spacial score (nSPS) is 13.5. The molecule has 1 heterocycles. The van der Waals surface area contributed by atoms with Crippen LogP contribution in [0.15, 0.2) is 0 Å². The topological polar surface area (TPSA) is 35.0 Å². The molecule has 5 heteroatoms. The van der Waals surface area contributed by atoms with Crippen LogP contribution < -0.4 is 0 Å². The Kier molecular flexibility index (Phi) is 2.59. The number of aromatic nitrogens is 2. The Hall–Kier alpha value is -0.190. The number of hydrogen-bond acceptors (Lipinski definition) is 4. The van der Waals surface area contributed by atoms with E-state index >= 15 is 0 Å². The quantitative estimate of drug-likeness (QED) is 0.694. The Bertz CT molecular complexity index is 215. The molecule has 0 N–H and O–H groups in total. The molecule has 0 saturated heterocycles. The van der Waals surface area contributed by atoms with E-state index in [1.54, 1.807) is 7.11 Å². The highest BCUT2D eigenvalue weighted by atomic mass is 35.5. The second-order valence-electron chi connectivity index (χ2n) is 1.78. The van der Waals surface area contributed by atoms with Crippen molar-refractivity contribution < 1.29 is 4.74 Å². The number of nitrogens with zero attached hydrogens (tertiary/aromatic N) is 2. The van der Waals surface area contributed by atoms with Gasteiger partial charge in [0.2, 0.25) is 5.28 Å². The molecule has 0 aliphatic rings. The molecule has 1 rings (SSSR count). The Labute approximate surface area is 68.2 Å². The first-order valence-electron chi connectivity index (χ1n) is 2.76. The van der Waals surface area contributed by atoms with Crippen LogP contribution in [0.2, 0.25) is 5.28 Å². The zero-order chi connectivity index (χ0) is 7.56. The molecule has 3 nitrogen and oxygen atoms in total. The van der Waals surface area contributed by atoms with Gasteiger partial charge in [-0.05, 0) is 30.1 Å². The molecule has 10 heavy (non-hydrogen) atoms.